The number of oxazole rings is 1. The first kappa shape index (κ1) is 8.90. The minimum atomic E-state index is -0.310. The number of rotatable bonds is 2. The van der Waals surface area contributed by atoms with Crippen LogP contribution in [0.5, 0.6) is 0 Å². The van der Waals surface area contributed by atoms with Crippen LogP contribution < -0.4 is 5.73 Å². The van der Waals surface area contributed by atoms with Crippen LogP contribution in [0.3, 0.4) is 0 Å². The lowest BCUT2D eigenvalue weighted by Crippen LogP contribution is -1.92. The fourth-order valence-corrected chi connectivity index (χ4v) is 1.16. The van der Waals surface area contributed by atoms with Gasteiger partial charge in [0.1, 0.15) is 11.6 Å². The van der Waals surface area contributed by atoms with Gasteiger partial charge in [-0.25, -0.2) is 9.37 Å². The molecule has 0 bridgehead atoms. The molecule has 4 heteroatoms. The molecule has 0 saturated carbocycles. The number of hydrogen-bond donors (Lipinski definition) is 1. The molecule has 0 unspecified atom stereocenters. The molecular weight excluding hydrogens is 183 g/mol. The Morgan fingerprint density at radius 3 is 2.93 bits per heavy atom. The van der Waals surface area contributed by atoms with Gasteiger partial charge in [-0.1, -0.05) is 6.07 Å². The van der Waals surface area contributed by atoms with Crippen molar-refractivity contribution in [1.82, 2.24) is 4.98 Å². The van der Waals surface area contributed by atoms with Gasteiger partial charge in [-0.3, -0.25) is 0 Å². The van der Waals surface area contributed by atoms with E-state index in [1.54, 1.807) is 18.3 Å². The van der Waals surface area contributed by atoms with Crippen molar-refractivity contribution in [2.45, 2.75) is 6.54 Å². The summed E-state index contributed by atoms with van der Waals surface area (Å²) < 4.78 is 18.1. The normalized spacial score (nSPS) is 10.4. The predicted octanol–water partition coefficient (Wildman–Crippen LogP) is 1.94. The van der Waals surface area contributed by atoms with Crippen molar-refractivity contribution in [2.75, 3.05) is 0 Å². The van der Waals surface area contributed by atoms with E-state index in [1.807, 2.05) is 0 Å². The minimum absolute atomic E-state index is 0.294. The summed E-state index contributed by atoms with van der Waals surface area (Å²) in [5.41, 5.74) is 5.98. The van der Waals surface area contributed by atoms with E-state index in [9.17, 15) is 4.39 Å². The SMILES string of the molecule is NCc1cnc(-c2cccc(F)c2)o1. The van der Waals surface area contributed by atoms with Gasteiger partial charge in [0.05, 0.1) is 12.7 Å². The van der Waals surface area contributed by atoms with Crippen LogP contribution in [0.2, 0.25) is 0 Å². The van der Waals surface area contributed by atoms with E-state index < -0.39 is 0 Å². The summed E-state index contributed by atoms with van der Waals surface area (Å²) in [5.74, 6) is 0.671. The van der Waals surface area contributed by atoms with E-state index in [0.717, 1.165) is 0 Å². The maximum absolute atomic E-state index is 12.8. The summed E-state index contributed by atoms with van der Waals surface area (Å²) in [6, 6.07) is 6.08. The predicted molar refractivity (Wildman–Crippen MR) is 49.8 cm³/mol. The van der Waals surface area contributed by atoms with Gasteiger partial charge in [0, 0.05) is 5.56 Å². The third-order valence-corrected chi connectivity index (χ3v) is 1.83. The summed E-state index contributed by atoms with van der Waals surface area (Å²) in [6.07, 6.45) is 1.54. The highest BCUT2D eigenvalue weighted by atomic mass is 19.1. The van der Waals surface area contributed by atoms with Crippen LogP contribution in [0.25, 0.3) is 11.5 Å². The van der Waals surface area contributed by atoms with Crippen molar-refractivity contribution >= 4 is 0 Å². The first-order chi connectivity index (χ1) is 6.79. The van der Waals surface area contributed by atoms with Gasteiger partial charge >= 0.3 is 0 Å². The zero-order chi connectivity index (χ0) is 9.97. The maximum Gasteiger partial charge on any atom is 0.226 e. The van der Waals surface area contributed by atoms with Gasteiger partial charge in [0.25, 0.3) is 0 Å². The Labute approximate surface area is 80.4 Å². The number of nitrogens with zero attached hydrogens (tertiary/aromatic N) is 1. The second-order valence-electron chi connectivity index (χ2n) is 2.85. The van der Waals surface area contributed by atoms with E-state index in [2.05, 4.69) is 4.98 Å². The van der Waals surface area contributed by atoms with Gasteiger partial charge in [0.15, 0.2) is 0 Å². The molecule has 0 aliphatic rings. The zero-order valence-corrected chi connectivity index (χ0v) is 7.40. The van der Waals surface area contributed by atoms with Crippen LogP contribution in [-0.2, 0) is 6.54 Å². The summed E-state index contributed by atoms with van der Waals surface area (Å²) in [7, 11) is 0. The number of aromatic nitrogens is 1. The maximum atomic E-state index is 12.8. The molecule has 2 N–H and O–H groups in total. The zero-order valence-electron chi connectivity index (χ0n) is 7.40. The van der Waals surface area contributed by atoms with Crippen molar-refractivity contribution in [3.05, 3.63) is 42.0 Å². The van der Waals surface area contributed by atoms with Gasteiger partial charge in [-0.15, -0.1) is 0 Å². The molecule has 0 spiro atoms. The molecule has 0 atom stereocenters. The summed E-state index contributed by atoms with van der Waals surface area (Å²) in [5, 5.41) is 0. The van der Waals surface area contributed by atoms with Crippen molar-refractivity contribution in [3.8, 4) is 11.5 Å². The molecule has 1 aromatic carbocycles. The lowest BCUT2D eigenvalue weighted by Gasteiger charge is -1.94. The van der Waals surface area contributed by atoms with Crippen molar-refractivity contribution in [1.29, 1.82) is 0 Å². The highest BCUT2D eigenvalue weighted by Gasteiger charge is 2.05. The van der Waals surface area contributed by atoms with E-state index in [1.165, 1.54) is 12.1 Å². The molecule has 1 aromatic heterocycles. The molecule has 72 valence electrons. The van der Waals surface area contributed by atoms with Crippen LogP contribution in [0.1, 0.15) is 5.76 Å². The Balaban J connectivity index is 2.39. The van der Waals surface area contributed by atoms with Crippen molar-refractivity contribution in [2.24, 2.45) is 5.73 Å². The monoisotopic (exact) mass is 192 g/mol. The first-order valence-corrected chi connectivity index (χ1v) is 4.20. The molecule has 0 amide bonds. The van der Waals surface area contributed by atoms with E-state index >= 15 is 0 Å². The van der Waals surface area contributed by atoms with Crippen molar-refractivity contribution in [3.63, 3.8) is 0 Å². The summed E-state index contributed by atoms with van der Waals surface area (Å²) >= 11 is 0. The van der Waals surface area contributed by atoms with Gasteiger partial charge in [-0.2, -0.15) is 0 Å². The standard InChI is InChI=1S/C10H9FN2O/c11-8-3-1-2-7(4-8)10-13-6-9(5-12)14-10/h1-4,6H,5,12H2. The van der Waals surface area contributed by atoms with E-state index in [0.29, 0.717) is 23.8 Å². The average molecular weight is 192 g/mol. The molecule has 2 rings (SSSR count). The fraction of sp³-hybridized carbons (Fsp3) is 0.100. The molecule has 0 fully saturated rings. The van der Waals surface area contributed by atoms with Crippen LogP contribution in [0, 0.1) is 5.82 Å². The summed E-state index contributed by atoms with van der Waals surface area (Å²) in [6.45, 7) is 0.294. The lowest BCUT2D eigenvalue weighted by molar-refractivity contribution is 0.520. The largest absolute Gasteiger partial charge is 0.440 e. The molecule has 3 nitrogen and oxygen atoms in total. The number of halogens is 1. The lowest BCUT2D eigenvalue weighted by atomic mass is 10.2. The third-order valence-electron chi connectivity index (χ3n) is 1.83. The van der Waals surface area contributed by atoms with Crippen molar-refractivity contribution < 1.29 is 8.81 Å². The van der Waals surface area contributed by atoms with Crippen LogP contribution >= 0.6 is 0 Å². The second-order valence-corrected chi connectivity index (χ2v) is 2.85. The minimum Gasteiger partial charge on any atom is -0.440 e. The Hall–Kier alpha value is -1.68. The molecular formula is C10H9FN2O. The Morgan fingerprint density at radius 1 is 1.43 bits per heavy atom. The highest BCUT2D eigenvalue weighted by molar-refractivity contribution is 5.52. The Bertz CT molecular complexity index is 439. The van der Waals surface area contributed by atoms with Gasteiger partial charge in [0.2, 0.25) is 5.89 Å². The fourth-order valence-electron chi connectivity index (χ4n) is 1.16. The van der Waals surface area contributed by atoms with E-state index in [4.69, 9.17) is 10.2 Å². The number of benzene rings is 1. The van der Waals surface area contributed by atoms with Gasteiger partial charge < -0.3 is 10.2 Å². The quantitative estimate of drug-likeness (QED) is 0.791. The average Bonchev–Trinajstić information content (AvgIpc) is 2.66. The molecule has 0 radical (unpaired) electrons. The van der Waals surface area contributed by atoms with E-state index in [-0.39, 0.29) is 5.82 Å². The highest BCUT2D eigenvalue weighted by Crippen LogP contribution is 2.19. The molecule has 1 heterocycles. The summed E-state index contributed by atoms with van der Waals surface area (Å²) in [4.78, 5) is 3.99. The number of hydrogen-bond acceptors (Lipinski definition) is 3. The van der Waals surface area contributed by atoms with Crippen LogP contribution in [0.15, 0.2) is 34.9 Å². The molecule has 0 aliphatic heterocycles. The Morgan fingerprint density at radius 2 is 2.29 bits per heavy atom. The van der Waals surface area contributed by atoms with Gasteiger partial charge in [-0.05, 0) is 18.2 Å². The molecule has 14 heavy (non-hydrogen) atoms. The van der Waals surface area contributed by atoms with Crippen LogP contribution in [0.4, 0.5) is 4.39 Å². The first-order valence-electron chi connectivity index (χ1n) is 4.20. The second kappa shape index (κ2) is 3.59. The topological polar surface area (TPSA) is 52.0 Å². The molecule has 0 aliphatic carbocycles. The third kappa shape index (κ3) is 1.65. The molecule has 0 saturated heterocycles. The van der Waals surface area contributed by atoms with Crippen LogP contribution in [-0.4, -0.2) is 4.98 Å². The molecule has 2 aromatic rings. The Kier molecular flexibility index (Phi) is 2.28. The number of nitrogens with two attached hydrogens (primary N) is 1. The smallest absolute Gasteiger partial charge is 0.226 e.